The highest BCUT2D eigenvalue weighted by molar-refractivity contribution is 5.86. The van der Waals surface area contributed by atoms with E-state index >= 15 is 0 Å². The van der Waals surface area contributed by atoms with E-state index in [2.05, 4.69) is 13.0 Å². The molecule has 2 heteroatoms. The van der Waals surface area contributed by atoms with Crippen LogP contribution >= 0.6 is 0 Å². The Labute approximate surface area is 105 Å². The number of hydrogen-bond acceptors (Lipinski definition) is 1. The van der Waals surface area contributed by atoms with Gasteiger partial charge in [-0.3, -0.25) is 0 Å². The van der Waals surface area contributed by atoms with E-state index in [0.29, 0.717) is 5.57 Å². The Morgan fingerprint density at radius 3 is 2.24 bits per heavy atom. The first-order valence-corrected chi connectivity index (χ1v) is 6.75. The molecular weight excluding hydrogens is 212 g/mol. The summed E-state index contributed by atoms with van der Waals surface area (Å²) < 4.78 is 0. The Balaban J connectivity index is 3.36. The molecule has 0 spiro atoms. The Morgan fingerprint density at radius 2 is 1.65 bits per heavy atom. The molecule has 1 N–H and O–H groups in total. The van der Waals surface area contributed by atoms with Crippen LogP contribution in [0, 0.1) is 0 Å². The molecule has 0 aromatic heterocycles. The maximum Gasteiger partial charge on any atom is 0.331 e. The fourth-order valence-electron chi connectivity index (χ4n) is 1.60. The van der Waals surface area contributed by atoms with Crippen LogP contribution in [0.4, 0.5) is 0 Å². The summed E-state index contributed by atoms with van der Waals surface area (Å²) in [5.41, 5.74) is 0.390. The van der Waals surface area contributed by atoms with Gasteiger partial charge in [-0.05, 0) is 19.8 Å². The van der Waals surface area contributed by atoms with Crippen LogP contribution in [0.15, 0.2) is 23.8 Å². The second-order valence-electron chi connectivity index (χ2n) is 4.49. The van der Waals surface area contributed by atoms with Crippen molar-refractivity contribution < 1.29 is 9.90 Å². The van der Waals surface area contributed by atoms with E-state index in [1.807, 2.05) is 6.08 Å². The zero-order chi connectivity index (χ0) is 12.9. The van der Waals surface area contributed by atoms with E-state index in [-0.39, 0.29) is 0 Å². The van der Waals surface area contributed by atoms with E-state index in [4.69, 9.17) is 5.11 Å². The molecule has 0 aromatic carbocycles. The Kier molecular flexibility index (Phi) is 10.7. The van der Waals surface area contributed by atoms with Crippen molar-refractivity contribution in [1.82, 2.24) is 0 Å². The lowest BCUT2D eigenvalue weighted by Crippen LogP contribution is -1.94. The number of allylic oxidation sites excluding steroid dienone is 3. The zero-order valence-electron chi connectivity index (χ0n) is 11.2. The van der Waals surface area contributed by atoms with E-state index in [1.54, 1.807) is 13.0 Å². The smallest absolute Gasteiger partial charge is 0.331 e. The van der Waals surface area contributed by atoms with Crippen molar-refractivity contribution in [3.05, 3.63) is 23.8 Å². The normalized spacial score (nSPS) is 12.2. The van der Waals surface area contributed by atoms with Gasteiger partial charge in [-0.25, -0.2) is 4.79 Å². The first kappa shape index (κ1) is 16.0. The van der Waals surface area contributed by atoms with Crippen molar-refractivity contribution in [2.45, 2.75) is 65.2 Å². The average molecular weight is 238 g/mol. The van der Waals surface area contributed by atoms with Gasteiger partial charge >= 0.3 is 5.97 Å². The molecule has 0 rings (SSSR count). The van der Waals surface area contributed by atoms with Gasteiger partial charge in [-0.15, -0.1) is 0 Å². The van der Waals surface area contributed by atoms with Crippen LogP contribution in [0.3, 0.4) is 0 Å². The van der Waals surface area contributed by atoms with Crippen molar-refractivity contribution in [3.8, 4) is 0 Å². The monoisotopic (exact) mass is 238 g/mol. The molecule has 0 heterocycles. The largest absolute Gasteiger partial charge is 0.478 e. The van der Waals surface area contributed by atoms with Gasteiger partial charge in [0.2, 0.25) is 0 Å². The maximum absolute atomic E-state index is 10.5. The second kappa shape index (κ2) is 11.4. The summed E-state index contributed by atoms with van der Waals surface area (Å²) in [4.78, 5) is 10.5. The summed E-state index contributed by atoms with van der Waals surface area (Å²) in [6.07, 6.45) is 15.8. The van der Waals surface area contributed by atoms with Gasteiger partial charge < -0.3 is 5.11 Å². The van der Waals surface area contributed by atoms with Crippen molar-refractivity contribution in [1.29, 1.82) is 0 Å². The molecule has 98 valence electrons. The minimum Gasteiger partial charge on any atom is -0.478 e. The molecule has 0 aliphatic carbocycles. The molecule has 0 bridgehead atoms. The van der Waals surface area contributed by atoms with E-state index < -0.39 is 5.97 Å². The maximum atomic E-state index is 10.5. The van der Waals surface area contributed by atoms with Crippen LogP contribution in [0.5, 0.6) is 0 Å². The minimum atomic E-state index is -0.842. The quantitative estimate of drug-likeness (QED) is 0.340. The van der Waals surface area contributed by atoms with Crippen LogP contribution in [0.2, 0.25) is 0 Å². The number of unbranched alkanes of at least 4 members (excludes halogenated alkanes) is 7. The topological polar surface area (TPSA) is 37.3 Å². The molecule has 17 heavy (non-hydrogen) atoms. The lowest BCUT2D eigenvalue weighted by molar-refractivity contribution is -0.132. The first-order valence-electron chi connectivity index (χ1n) is 6.75. The predicted octanol–water partition coefficient (Wildman–Crippen LogP) is 4.71. The molecule has 0 fully saturated rings. The number of aliphatic carboxylic acids is 1. The molecule has 0 aliphatic heterocycles. The van der Waals surface area contributed by atoms with E-state index in [0.717, 1.165) is 6.42 Å². The number of carboxylic acids is 1. The van der Waals surface area contributed by atoms with Gasteiger partial charge in [0.25, 0.3) is 0 Å². The third-order valence-electron chi connectivity index (χ3n) is 2.79. The van der Waals surface area contributed by atoms with Crippen molar-refractivity contribution in [2.24, 2.45) is 0 Å². The average Bonchev–Trinajstić information content (AvgIpc) is 2.31. The highest BCUT2D eigenvalue weighted by atomic mass is 16.4. The first-order chi connectivity index (χ1) is 8.18. The number of carbonyl (C=O) groups is 1. The number of rotatable bonds is 10. The van der Waals surface area contributed by atoms with Gasteiger partial charge in [0.15, 0.2) is 0 Å². The van der Waals surface area contributed by atoms with Crippen molar-refractivity contribution in [2.75, 3.05) is 0 Å². The molecule has 2 nitrogen and oxygen atoms in total. The molecule has 0 saturated heterocycles. The van der Waals surface area contributed by atoms with Gasteiger partial charge in [0.1, 0.15) is 0 Å². The third kappa shape index (κ3) is 11.2. The molecule has 0 aromatic rings. The fourth-order valence-corrected chi connectivity index (χ4v) is 1.60. The Hall–Kier alpha value is -1.05. The lowest BCUT2D eigenvalue weighted by Gasteiger charge is -1.98. The van der Waals surface area contributed by atoms with Crippen LogP contribution in [-0.4, -0.2) is 11.1 Å². The number of hydrogen-bond donors (Lipinski definition) is 1. The highest BCUT2D eigenvalue weighted by Crippen LogP contribution is 2.08. The van der Waals surface area contributed by atoms with Crippen molar-refractivity contribution in [3.63, 3.8) is 0 Å². The van der Waals surface area contributed by atoms with Gasteiger partial charge in [0, 0.05) is 5.57 Å². The van der Waals surface area contributed by atoms with Crippen LogP contribution < -0.4 is 0 Å². The lowest BCUT2D eigenvalue weighted by atomic mass is 10.1. The van der Waals surface area contributed by atoms with E-state index in [9.17, 15) is 4.79 Å². The zero-order valence-corrected chi connectivity index (χ0v) is 11.2. The standard InChI is InChI=1S/C15H26O2/c1-3-4-5-6-7-8-9-10-11-12-13-14(2)15(16)17/h11-13H,3-10H2,1-2H3,(H,16,17). The predicted molar refractivity (Wildman–Crippen MR) is 73.1 cm³/mol. The molecule has 0 atom stereocenters. The van der Waals surface area contributed by atoms with Crippen LogP contribution in [0.25, 0.3) is 0 Å². The van der Waals surface area contributed by atoms with Crippen LogP contribution in [-0.2, 0) is 4.79 Å². The minimum absolute atomic E-state index is 0.390. The summed E-state index contributed by atoms with van der Waals surface area (Å²) >= 11 is 0. The fraction of sp³-hybridized carbons (Fsp3) is 0.667. The third-order valence-corrected chi connectivity index (χ3v) is 2.79. The van der Waals surface area contributed by atoms with E-state index in [1.165, 1.54) is 44.9 Å². The Morgan fingerprint density at radius 1 is 1.06 bits per heavy atom. The SMILES string of the molecule is CCCCCCCCCC=CC=C(C)C(=O)O. The van der Waals surface area contributed by atoms with Gasteiger partial charge in [0.05, 0.1) is 0 Å². The summed E-state index contributed by atoms with van der Waals surface area (Å²) in [6, 6.07) is 0. The summed E-state index contributed by atoms with van der Waals surface area (Å²) in [5.74, 6) is -0.842. The summed E-state index contributed by atoms with van der Waals surface area (Å²) in [6.45, 7) is 3.85. The Bertz CT molecular complexity index is 252. The highest BCUT2D eigenvalue weighted by Gasteiger charge is 1.95. The van der Waals surface area contributed by atoms with Gasteiger partial charge in [-0.2, -0.15) is 0 Å². The van der Waals surface area contributed by atoms with Crippen molar-refractivity contribution >= 4 is 5.97 Å². The van der Waals surface area contributed by atoms with Crippen LogP contribution in [0.1, 0.15) is 65.2 Å². The molecule has 0 amide bonds. The molecule has 0 aliphatic rings. The molecular formula is C15H26O2. The summed E-state index contributed by atoms with van der Waals surface area (Å²) in [7, 11) is 0. The van der Waals surface area contributed by atoms with Gasteiger partial charge in [-0.1, -0.05) is 63.7 Å². The molecule has 0 radical (unpaired) electrons. The second-order valence-corrected chi connectivity index (χ2v) is 4.49. The molecule has 0 unspecified atom stereocenters. The summed E-state index contributed by atoms with van der Waals surface area (Å²) in [5, 5.41) is 8.62. The number of carboxylic acid groups (broad SMARTS) is 1. The molecule has 0 saturated carbocycles.